The highest BCUT2D eigenvalue weighted by molar-refractivity contribution is 5.82. The summed E-state index contributed by atoms with van der Waals surface area (Å²) in [6.45, 7) is 0. The SMILES string of the molecule is O=CC1=C(n2cccn2)CCCC1. The molecule has 0 saturated carbocycles. The molecule has 3 nitrogen and oxygen atoms in total. The number of aromatic nitrogens is 2. The number of nitrogens with zero attached hydrogens (tertiary/aromatic N) is 2. The van der Waals surface area contributed by atoms with Crippen molar-refractivity contribution in [3.63, 3.8) is 0 Å². The fourth-order valence-electron chi connectivity index (χ4n) is 1.73. The molecule has 13 heavy (non-hydrogen) atoms. The summed E-state index contributed by atoms with van der Waals surface area (Å²) in [5.74, 6) is 0. The van der Waals surface area contributed by atoms with Crippen molar-refractivity contribution in [2.24, 2.45) is 0 Å². The van der Waals surface area contributed by atoms with Gasteiger partial charge in [-0.15, -0.1) is 0 Å². The molecule has 1 aromatic rings. The van der Waals surface area contributed by atoms with E-state index >= 15 is 0 Å². The lowest BCUT2D eigenvalue weighted by Gasteiger charge is -2.16. The van der Waals surface area contributed by atoms with Gasteiger partial charge in [0.25, 0.3) is 0 Å². The fraction of sp³-hybridized carbons (Fsp3) is 0.400. The Bertz CT molecular complexity index is 325. The summed E-state index contributed by atoms with van der Waals surface area (Å²) in [6.07, 6.45) is 8.75. The third kappa shape index (κ3) is 1.54. The molecule has 0 aliphatic heterocycles. The molecule has 1 aliphatic carbocycles. The Labute approximate surface area is 77.1 Å². The Hall–Kier alpha value is -1.38. The van der Waals surface area contributed by atoms with Crippen molar-refractivity contribution >= 4 is 12.0 Å². The third-order valence-electron chi connectivity index (χ3n) is 2.40. The van der Waals surface area contributed by atoms with E-state index in [1.807, 2.05) is 16.9 Å². The van der Waals surface area contributed by atoms with Crippen LogP contribution in [0.25, 0.3) is 5.70 Å². The number of carbonyl (C=O) groups is 1. The van der Waals surface area contributed by atoms with Gasteiger partial charge in [-0.25, -0.2) is 4.68 Å². The van der Waals surface area contributed by atoms with Gasteiger partial charge in [0.2, 0.25) is 0 Å². The van der Waals surface area contributed by atoms with Crippen molar-refractivity contribution in [1.29, 1.82) is 0 Å². The lowest BCUT2D eigenvalue weighted by atomic mass is 9.97. The lowest BCUT2D eigenvalue weighted by molar-refractivity contribution is -0.105. The summed E-state index contributed by atoms with van der Waals surface area (Å²) < 4.78 is 1.81. The second-order valence-electron chi connectivity index (χ2n) is 3.25. The standard InChI is InChI=1S/C10H12N2O/c13-8-9-4-1-2-5-10(9)12-7-3-6-11-12/h3,6-8H,1-2,4-5H2. The van der Waals surface area contributed by atoms with Crippen LogP contribution in [0.3, 0.4) is 0 Å². The van der Waals surface area contributed by atoms with Gasteiger partial charge in [0, 0.05) is 23.7 Å². The Morgan fingerprint density at radius 1 is 1.38 bits per heavy atom. The first-order valence-electron chi connectivity index (χ1n) is 4.59. The maximum atomic E-state index is 10.8. The van der Waals surface area contributed by atoms with Gasteiger partial charge < -0.3 is 0 Å². The van der Waals surface area contributed by atoms with E-state index in [1.54, 1.807) is 6.20 Å². The topological polar surface area (TPSA) is 34.9 Å². The quantitative estimate of drug-likeness (QED) is 0.645. The largest absolute Gasteiger partial charge is 0.298 e. The number of allylic oxidation sites excluding steroid dienone is 2. The summed E-state index contributed by atoms with van der Waals surface area (Å²) >= 11 is 0. The summed E-state index contributed by atoms with van der Waals surface area (Å²) in [4.78, 5) is 10.8. The zero-order chi connectivity index (χ0) is 9.10. The van der Waals surface area contributed by atoms with Gasteiger partial charge in [0.1, 0.15) is 6.29 Å². The molecule has 0 bridgehead atoms. The van der Waals surface area contributed by atoms with Crippen molar-refractivity contribution in [2.75, 3.05) is 0 Å². The van der Waals surface area contributed by atoms with Crippen LogP contribution in [0.1, 0.15) is 25.7 Å². The number of rotatable bonds is 2. The van der Waals surface area contributed by atoms with Gasteiger partial charge in [-0.1, -0.05) is 0 Å². The first-order chi connectivity index (χ1) is 6.42. The van der Waals surface area contributed by atoms with Gasteiger partial charge in [0.05, 0.1) is 0 Å². The molecule has 0 atom stereocenters. The molecule has 0 aromatic carbocycles. The van der Waals surface area contributed by atoms with Crippen molar-refractivity contribution in [2.45, 2.75) is 25.7 Å². The molecule has 0 saturated heterocycles. The zero-order valence-corrected chi connectivity index (χ0v) is 7.44. The van der Waals surface area contributed by atoms with Crippen LogP contribution in [0.15, 0.2) is 24.0 Å². The van der Waals surface area contributed by atoms with E-state index in [4.69, 9.17) is 0 Å². The highest BCUT2D eigenvalue weighted by atomic mass is 16.1. The van der Waals surface area contributed by atoms with Crippen molar-refractivity contribution in [3.8, 4) is 0 Å². The van der Waals surface area contributed by atoms with E-state index in [2.05, 4.69) is 5.10 Å². The Morgan fingerprint density at radius 3 is 2.92 bits per heavy atom. The van der Waals surface area contributed by atoms with E-state index < -0.39 is 0 Å². The Kier molecular flexibility index (Phi) is 2.25. The van der Waals surface area contributed by atoms with Gasteiger partial charge in [0.15, 0.2) is 0 Å². The molecule has 0 amide bonds. The van der Waals surface area contributed by atoms with Crippen LogP contribution in [0, 0.1) is 0 Å². The van der Waals surface area contributed by atoms with Crippen molar-refractivity contribution in [3.05, 3.63) is 24.0 Å². The third-order valence-corrected chi connectivity index (χ3v) is 2.40. The van der Waals surface area contributed by atoms with Crippen LogP contribution in [-0.2, 0) is 4.79 Å². The molecule has 3 heteroatoms. The Balaban J connectivity index is 2.38. The molecule has 2 rings (SSSR count). The van der Waals surface area contributed by atoms with Crippen LogP contribution in [0.5, 0.6) is 0 Å². The molecule has 68 valence electrons. The molecular weight excluding hydrogens is 164 g/mol. The van der Waals surface area contributed by atoms with Crippen LogP contribution in [0.4, 0.5) is 0 Å². The zero-order valence-electron chi connectivity index (χ0n) is 7.44. The van der Waals surface area contributed by atoms with Crippen LogP contribution >= 0.6 is 0 Å². The number of carbonyl (C=O) groups excluding carboxylic acids is 1. The molecule has 0 unspecified atom stereocenters. The highest BCUT2D eigenvalue weighted by Gasteiger charge is 2.13. The average Bonchev–Trinajstić information content (AvgIpc) is 2.70. The number of hydrogen-bond donors (Lipinski definition) is 0. The molecule has 0 fully saturated rings. The lowest BCUT2D eigenvalue weighted by Crippen LogP contribution is -2.07. The van der Waals surface area contributed by atoms with Crippen molar-refractivity contribution in [1.82, 2.24) is 9.78 Å². The number of aldehydes is 1. The Morgan fingerprint density at radius 2 is 2.23 bits per heavy atom. The van der Waals surface area contributed by atoms with E-state index in [0.29, 0.717) is 0 Å². The smallest absolute Gasteiger partial charge is 0.147 e. The number of hydrogen-bond acceptors (Lipinski definition) is 2. The van der Waals surface area contributed by atoms with E-state index in [1.165, 1.54) is 0 Å². The fourth-order valence-corrected chi connectivity index (χ4v) is 1.73. The highest BCUT2D eigenvalue weighted by Crippen LogP contribution is 2.25. The molecule has 1 heterocycles. The van der Waals surface area contributed by atoms with E-state index in [0.717, 1.165) is 43.2 Å². The molecule has 0 radical (unpaired) electrons. The van der Waals surface area contributed by atoms with Gasteiger partial charge in [-0.2, -0.15) is 5.10 Å². The molecular formula is C10H12N2O. The van der Waals surface area contributed by atoms with Crippen LogP contribution in [-0.4, -0.2) is 16.1 Å². The normalized spacial score (nSPS) is 17.5. The summed E-state index contributed by atoms with van der Waals surface area (Å²) in [6, 6.07) is 1.88. The molecule has 1 aliphatic rings. The van der Waals surface area contributed by atoms with Crippen molar-refractivity contribution < 1.29 is 4.79 Å². The predicted octanol–water partition coefficient (Wildman–Crippen LogP) is 1.87. The predicted molar refractivity (Wildman–Crippen MR) is 50.0 cm³/mol. The second-order valence-corrected chi connectivity index (χ2v) is 3.25. The molecule has 1 aromatic heterocycles. The maximum absolute atomic E-state index is 10.8. The minimum atomic E-state index is 0.901. The van der Waals surface area contributed by atoms with Gasteiger partial charge >= 0.3 is 0 Å². The summed E-state index contributed by atoms with van der Waals surface area (Å²) in [5, 5.41) is 4.14. The minimum absolute atomic E-state index is 0.901. The molecule has 0 N–H and O–H groups in total. The minimum Gasteiger partial charge on any atom is -0.298 e. The van der Waals surface area contributed by atoms with Gasteiger partial charge in [-0.3, -0.25) is 4.79 Å². The van der Waals surface area contributed by atoms with E-state index in [9.17, 15) is 4.79 Å². The second kappa shape index (κ2) is 3.56. The monoisotopic (exact) mass is 176 g/mol. The maximum Gasteiger partial charge on any atom is 0.147 e. The first-order valence-corrected chi connectivity index (χ1v) is 4.59. The van der Waals surface area contributed by atoms with Crippen LogP contribution < -0.4 is 0 Å². The average molecular weight is 176 g/mol. The molecule has 0 spiro atoms. The first kappa shape index (κ1) is 8.23. The van der Waals surface area contributed by atoms with Gasteiger partial charge in [-0.05, 0) is 31.7 Å². The van der Waals surface area contributed by atoms with Crippen LogP contribution in [0.2, 0.25) is 0 Å². The van der Waals surface area contributed by atoms with E-state index in [-0.39, 0.29) is 0 Å². The summed E-state index contributed by atoms with van der Waals surface area (Å²) in [7, 11) is 0. The summed E-state index contributed by atoms with van der Waals surface area (Å²) in [5.41, 5.74) is 1.99.